The predicted molar refractivity (Wildman–Crippen MR) is 76.0 cm³/mol. The summed E-state index contributed by atoms with van der Waals surface area (Å²) in [5.74, 6) is 0. The van der Waals surface area contributed by atoms with Crippen LogP contribution in [-0.2, 0) is 4.74 Å². The second kappa shape index (κ2) is 8.22. The van der Waals surface area contributed by atoms with Crippen LogP contribution in [0.15, 0.2) is 18.2 Å². The number of benzene rings is 1. The average Bonchev–Trinajstić information content (AvgIpc) is 2.38. The SMILES string of the molecule is COCCN(CCO)C(=O)Nc1cc(Cl)ccc1Cl. The van der Waals surface area contributed by atoms with Crippen LogP contribution in [-0.4, -0.2) is 49.5 Å². The molecule has 0 bridgehead atoms. The second-order valence-electron chi connectivity index (χ2n) is 3.76. The van der Waals surface area contributed by atoms with E-state index >= 15 is 0 Å². The smallest absolute Gasteiger partial charge is 0.322 e. The number of hydrogen-bond acceptors (Lipinski definition) is 3. The fourth-order valence-corrected chi connectivity index (χ4v) is 1.76. The molecule has 0 heterocycles. The van der Waals surface area contributed by atoms with Crippen LogP contribution >= 0.6 is 23.2 Å². The number of amides is 2. The highest BCUT2D eigenvalue weighted by Gasteiger charge is 2.14. The van der Waals surface area contributed by atoms with Crippen LogP contribution in [0.1, 0.15) is 0 Å². The first-order chi connectivity index (χ1) is 9.08. The molecule has 0 radical (unpaired) electrons. The van der Waals surface area contributed by atoms with Crippen molar-refractivity contribution in [3.8, 4) is 0 Å². The van der Waals surface area contributed by atoms with Gasteiger partial charge in [0.2, 0.25) is 0 Å². The number of carbonyl (C=O) groups excluding carboxylic acids is 1. The Kier molecular flexibility index (Phi) is 6.94. The number of nitrogens with zero attached hydrogens (tertiary/aromatic N) is 1. The Hall–Kier alpha value is -1.01. The van der Waals surface area contributed by atoms with Gasteiger partial charge in [-0.15, -0.1) is 0 Å². The molecule has 0 aromatic heterocycles. The topological polar surface area (TPSA) is 61.8 Å². The number of aliphatic hydroxyl groups excluding tert-OH is 1. The Morgan fingerprint density at radius 2 is 2.16 bits per heavy atom. The van der Waals surface area contributed by atoms with Crippen molar-refractivity contribution < 1.29 is 14.6 Å². The van der Waals surface area contributed by atoms with Gasteiger partial charge in [-0.2, -0.15) is 0 Å². The summed E-state index contributed by atoms with van der Waals surface area (Å²) < 4.78 is 4.91. The van der Waals surface area contributed by atoms with Crippen LogP contribution in [0.4, 0.5) is 10.5 Å². The molecule has 0 fully saturated rings. The third-order valence-electron chi connectivity index (χ3n) is 2.39. The van der Waals surface area contributed by atoms with E-state index in [0.717, 1.165) is 0 Å². The summed E-state index contributed by atoms with van der Waals surface area (Å²) in [5, 5.41) is 12.5. The van der Waals surface area contributed by atoms with E-state index in [1.54, 1.807) is 25.3 Å². The van der Waals surface area contributed by atoms with Gasteiger partial charge in [-0.05, 0) is 18.2 Å². The largest absolute Gasteiger partial charge is 0.395 e. The molecule has 0 atom stereocenters. The fraction of sp³-hybridized carbons (Fsp3) is 0.417. The normalized spacial score (nSPS) is 10.3. The van der Waals surface area contributed by atoms with E-state index < -0.39 is 0 Å². The molecule has 1 aromatic rings. The lowest BCUT2D eigenvalue weighted by Gasteiger charge is -2.22. The van der Waals surface area contributed by atoms with E-state index in [1.165, 1.54) is 4.90 Å². The molecular formula is C12H16Cl2N2O3. The first-order valence-corrected chi connectivity index (χ1v) is 6.45. The van der Waals surface area contributed by atoms with Crippen molar-refractivity contribution in [1.82, 2.24) is 4.90 Å². The predicted octanol–water partition coefficient (Wildman–Crippen LogP) is 2.47. The number of rotatable bonds is 6. The lowest BCUT2D eigenvalue weighted by Crippen LogP contribution is -2.39. The summed E-state index contributed by atoms with van der Waals surface area (Å²) in [6.45, 7) is 0.853. The fourth-order valence-electron chi connectivity index (χ4n) is 1.42. The Labute approximate surface area is 122 Å². The third-order valence-corrected chi connectivity index (χ3v) is 2.96. The molecule has 0 spiro atoms. The molecule has 1 rings (SSSR count). The number of urea groups is 1. The van der Waals surface area contributed by atoms with Crippen molar-refractivity contribution in [1.29, 1.82) is 0 Å². The molecule has 7 heteroatoms. The molecule has 0 aliphatic rings. The van der Waals surface area contributed by atoms with Crippen LogP contribution in [0.25, 0.3) is 0 Å². The van der Waals surface area contributed by atoms with Crippen LogP contribution in [0, 0.1) is 0 Å². The first-order valence-electron chi connectivity index (χ1n) is 5.69. The van der Waals surface area contributed by atoms with Crippen LogP contribution in [0.5, 0.6) is 0 Å². The zero-order valence-electron chi connectivity index (χ0n) is 10.5. The lowest BCUT2D eigenvalue weighted by molar-refractivity contribution is 0.142. The summed E-state index contributed by atoms with van der Waals surface area (Å²) in [6, 6.07) is 4.44. The van der Waals surface area contributed by atoms with E-state index in [1.807, 2.05) is 0 Å². The van der Waals surface area contributed by atoms with Gasteiger partial charge in [0.1, 0.15) is 0 Å². The Morgan fingerprint density at radius 3 is 2.79 bits per heavy atom. The van der Waals surface area contributed by atoms with Gasteiger partial charge >= 0.3 is 6.03 Å². The number of methoxy groups -OCH3 is 1. The van der Waals surface area contributed by atoms with E-state index in [9.17, 15) is 4.79 Å². The van der Waals surface area contributed by atoms with Crippen molar-refractivity contribution >= 4 is 34.9 Å². The molecular weight excluding hydrogens is 291 g/mol. The standard InChI is InChI=1S/C12H16Cl2N2O3/c1-19-7-5-16(4-6-17)12(18)15-11-8-9(13)2-3-10(11)14/h2-3,8,17H,4-7H2,1H3,(H,15,18). The van der Waals surface area contributed by atoms with Gasteiger partial charge in [0.25, 0.3) is 0 Å². The number of aliphatic hydroxyl groups is 1. The highest BCUT2D eigenvalue weighted by Crippen LogP contribution is 2.25. The van der Waals surface area contributed by atoms with Crippen molar-refractivity contribution in [3.05, 3.63) is 28.2 Å². The van der Waals surface area contributed by atoms with Gasteiger partial charge in [0, 0.05) is 25.2 Å². The number of anilines is 1. The van der Waals surface area contributed by atoms with Crippen molar-refractivity contribution in [2.24, 2.45) is 0 Å². The van der Waals surface area contributed by atoms with E-state index in [2.05, 4.69) is 5.32 Å². The minimum Gasteiger partial charge on any atom is -0.395 e. The summed E-state index contributed by atoms with van der Waals surface area (Å²) in [7, 11) is 1.54. The molecule has 1 aromatic carbocycles. The third kappa shape index (κ3) is 5.24. The van der Waals surface area contributed by atoms with Crippen LogP contribution in [0.2, 0.25) is 10.0 Å². The van der Waals surface area contributed by atoms with Crippen LogP contribution in [0.3, 0.4) is 0 Å². The number of nitrogens with one attached hydrogen (secondary N) is 1. The molecule has 0 aliphatic heterocycles. The van der Waals surface area contributed by atoms with Crippen molar-refractivity contribution in [2.45, 2.75) is 0 Å². The lowest BCUT2D eigenvalue weighted by atomic mass is 10.3. The second-order valence-corrected chi connectivity index (χ2v) is 4.60. The maximum Gasteiger partial charge on any atom is 0.322 e. The van der Waals surface area contributed by atoms with Gasteiger partial charge in [-0.25, -0.2) is 4.79 Å². The Balaban J connectivity index is 2.71. The number of ether oxygens (including phenoxy) is 1. The molecule has 2 amide bonds. The van der Waals surface area contributed by atoms with Gasteiger partial charge < -0.3 is 20.1 Å². The Morgan fingerprint density at radius 1 is 1.42 bits per heavy atom. The van der Waals surface area contributed by atoms with Crippen molar-refractivity contribution in [2.75, 3.05) is 38.7 Å². The zero-order valence-corrected chi connectivity index (χ0v) is 12.0. The van der Waals surface area contributed by atoms with Crippen molar-refractivity contribution in [3.63, 3.8) is 0 Å². The number of carbonyl (C=O) groups is 1. The number of hydrogen-bond donors (Lipinski definition) is 2. The molecule has 0 saturated heterocycles. The maximum atomic E-state index is 12.0. The highest BCUT2D eigenvalue weighted by molar-refractivity contribution is 6.35. The van der Waals surface area contributed by atoms with Gasteiger partial charge in [0.05, 0.1) is 23.9 Å². The molecule has 0 unspecified atom stereocenters. The minimum atomic E-state index is -0.365. The summed E-state index contributed by atoms with van der Waals surface area (Å²) >= 11 is 11.8. The molecule has 0 saturated carbocycles. The zero-order chi connectivity index (χ0) is 14.3. The van der Waals surface area contributed by atoms with E-state index in [0.29, 0.717) is 28.9 Å². The summed E-state index contributed by atoms with van der Waals surface area (Å²) in [6.07, 6.45) is 0. The molecule has 2 N–H and O–H groups in total. The average molecular weight is 307 g/mol. The molecule has 5 nitrogen and oxygen atoms in total. The van der Waals surface area contributed by atoms with Gasteiger partial charge in [-0.1, -0.05) is 23.2 Å². The number of halogens is 2. The molecule has 106 valence electrons. The van der Waals surface area contributed by atoms with E-state index in [4.69, 9.17) is 33.0 Å². The van der Waals surface area contributed by atoms with Gasteiger partial charge in [-0.3, -0.25) is 0 Å². The summed E-state index contributed by atoms with van der Waals surface area (Å²) in [5.41, 5.74) is 0.430. The van der Waals surface area contributed by atoms with Gasteiger partial charge in [0.15, 0.2) is 0 Å². The highest BCUT2D eigenvalue weighted by atomic mass is 35.5. The first kappa shape index (κ1) is 16.0. The maximum absolute atomic E-state index is 12.0. The molecule has 19 heavy (non-hydrogen) atoms. The quantitative estimate of drug-likeness (QED) is 0.848. The summed E-state index contributed by atoms with van der Waals surface area (Å²) in [4.78, 5) is 13.4. The Bertz CT molecular complexity index is 429. The van der Waals surface area contributed by atoms with E-state index in [-0.39, 0.29) is 19.2 Å². The molecule has 0 aliphatic carbocycles. The minimum absolute atomic E-state index is 0.125. The monoisotopic (exact) mass is 306 g/mol. The van der Waals surface area contributed by atoms with Crippen LogP contribution < -0.4 is 5.32 Å².